The number of para-hydroxylation sites is 1. The van der Waals surface area contributed by atoms with Gasteiger partial charge in [0, 0.05) is 5.69 Å². The molecule has 0 saturated carbocycles. The maximum absolute atomic E-state index is 12.8. The van der Waals surface area contributed by atoms with Crippen LogP contribution in [0.15, 0.2) is 30.3 Å². The molecule has 0 radical (unpaired) electrons. The molecule has 158 valence electrons. The van der Waals surface area contributed by atoms with Crippen molar-refractivity contribution in [3.63, 3.8) is 0 Å². The van der Waals surface area contributed by atoms with Gasteiger partial charge in [-0.05, 0) is 39.8 Å². The van der Waals surface area contributed by atoms with Crippen molar-refractivity contribution in [2.45, 2.75) is 70.0 Å². The first-order valence-corrected chi connectivity index (χ1v) is 9.63. The first-order valence-electron chi connectivity index (χ1n) is 9.63. The number of carbonyl (C=O) groups excluding carboxylic acids is 2. The van der Waals surface area contributed by atoms with Crippen molar-refractivity contribution in [3.05, 3.63) is 30.3 Å². The van der Waals surface area contributed by atoms with Crippen LogP contribution in [0.25, 0.3) is 0 Å². The molecule has 0 aliphatic carbocycles. The molecule has 0 bridgehead atoms. The van der Waals surface area contributed by atoms with Gasteiger partial charge in [0.05, 0.1) is 6.54 Å². The van der Waals surface area contributed by atoms with Crippen LogP contribution in [0.4, 0.5) is 5.69 Å². The zero-order valence-corrected chi connectivity index (χ0v) is 16.8. The lowest BCUT2D eigenvalue weighted by molar-refractivity contribution is -0.231. The van der Waals surface area contributed by atoms with E-state index in [9.17, 15) is 9.59 Å². The van der Waals surface area contributed by atoms with Crippen LogP contribution in [0.5, 0.6) is 0 Å². The van der Waals surface area contributed by atoms with Gasteiger partial charge in [-0.25, -0.2) is 0 Å². The van der Waals surface area contributed by atoms with Crippen molar-refractivity contribution in [2.75, 3.05) is 11.9 Å². The van der Waals surface area contributed by atoms with Gasteiger partial charge < -0.3 is 34.3 Å². The molecule has 3 aliphatic heterocycles. The lowest BCUT2D eigenvalue weighted by Crippen LogP contribution is -2.59. The smallest absolute Gasteiger partial charge is 0.252 e. The van der Waals surface area contributed by atoms with E-state index in [0.29, 0.717) is 5.69 Å². The van der Waals surface area contributed by atoms with Crippen LogP contribution in [0, 0.1) is 0 Å². The minimum absolute atomic E-state index is 0.202. The Kier molecular flexibility index (Phi) is 5.12. The number of nitrogens with one attached hydrogen (secondary N) is 2. The van der Waals surface area contributed by atoms with Gasteiger partial charge in [-0.3, -0.25) is 9.59 Å². The summed E-state index contributed by atoms with van der Waals surface area (Å²) in [6, 6.07) is 9.00. The molecule has 3 heterocycles. The summed E-state index contributed by atoms with van der Waals surface area (Å²) >= 11 is 0. The van der Waals surface area contributed by atoms with Crippen molar-refractivity contribution in [1.29, 1.82) is 0 Å². The number of rotatable bonds is 4. The number of fused-ring (bicyclic) bond motifs is 3. The molecule has 29 heavy (non-hydrogen) atoms. The van der Waals surface area contributed by atoms with Crippen LogP contribution >= 0.6 is 0 Å². The molecule has 9 heteroatoms. The van der Waals surface area contributed by atoms with Crippen molar-refractivity contribution in [2.24, 2.45) is 0 Å². The quantitative estimate of drug-likeness (QED) is 0.773. The van der Waals surface area contributed by atoms with E-state index in [1.54, 1.807) is 39.8 Å². The van der Waals surface area contributed by atoms with Crippen LogP contribution < -0.4 is 10.6 Å². The third-order valence-electron chi connectivity index (χ3n) is 4.89. The van der Waals surface area contributed by atoms with Gasteiger partial charge in [0.2, 0.25) is 5.91 Å². The number of carbonyl (C=O) groups is 2. The SMILES string of the molecule is CC1(C)O[C@@H]2O[C@@H](C(=O)NCC(=O)Nc3ccccc3)[C@H]3OC(C)(C)O[C@@H]3[C@H]2O1. The molecule has 3 saturated heterocycles. The van der Waals surface area contributed by atoms with E-state index in [4.69, 9.17) is 23.7 Å². The Hall–Kier alpha value is -2.04. The number of hydrogen-bond acceptors (Lipinski definition) is 7. The van der Waals surface area contributed by atoms with Crippen LogP contribution in [0.1, 0.15) is 27.7 Å². The Morgan fingerprint density at radius 2 is 1.52 bits per heavy atom. The van der Waals surface area contributed by atoms with Gasteiger partial charge in [0.1, 0.15) is 18.3 Å². The molecule has 3 fully saturated rings. The van der Waals surface area contributed by atoms with Crippen LogP contribution in [0.2, 0.25) is 0 Å². The topological polar surface area (TPSA) is 104 Å². The highest BCUT2D eigenvalue weighted by atomic mass is 16.9. The molecular weight excluding hydrogens is 380 g/mol. The van der Waals surface area contributed by atoms with E-state index in [1.807, 2.05) is 18.2 Å². The third kappa shape index (κ3) is 4.29. The fourth-order valence-corrected chi connectivity index (χ4v) is 3.82. The van der Waals surface area contributed by atoms with Gasteiger partial charge in [-0.2, -0.15) is 0 Å². The van der Waals surface area contributed by atoms with Gasteiger partial charge in [-0.15, -0.1) is 0 Å². The minimum atomic E-state index is -0.995. The molecule has 4 rings (SSSR count). The number of benzene rings is 1. The van der Waals surface area contributed by atoms with Crippen LogP contribution in [0.3, 0.4) is 0 Å². The predicted octanol–water partition coefficient (Wildman–Crippen LogP) is 1.14. The highest BCUT2D eigenvalue weighted by molar-refractivity contribution is 5.95. The maximum atomic E-state index is 12.8. The van der Waals surface area contributed by atoms with E-state index in [1.165, 1.54) is 0 Å². The molecular formula is C20H26N2O7. The Bertz CT molecular complexity index is 782. The normalized spacial score (nSPS) is 34.1. The average molecular weight is 406 g/mol. The lowest BCUT2D eigenvalue weighted by Gasteiger charge is -2.36. The summed E-state index contributed by atoms with van der Waals surface area (Å²) in [6.45, 7) is 6.88. The second kappa shape index (κ2) is 7.33. The van der Waals surface area contributed by atoms with E-state index in [0.717, 1.165) is 0 Å². The molecule has 0 spiro atoms. The monoisotopic (exact) mass is 406 g/mol. The third-order valence-corrected chi connectivity index (χ3v) is 4.89. The maximum Gasteiger partial charge on any atom is 0.252 e. The van der Waals surface area contributed by atoms with Gasteiger partial charge in [0.25, 0.3) is 5.91 Å². The highest BCUT2D eigenvalue weighted by Crippen LogP contribution is 2.44. The average Bonchev–Trinajstić information content (AvgIpc) is 3.13. The van der Waals surface area contributed by atoms with Gasteiger partial charge >= 0.3 is 0 Å². The van der Waals surface area contributed by atoms with Gasteiger partial charge in [-0.1, -0.05) is 18.2 Å². The molecule has 0 unspecified atom stereocenters. The lowest BCUT2D eigenvalue weighted by atomic mass is 9.98. The first-order chi connectivity index (χ1) is 13.6. The molecule has 1 aromatic carbocycles. The summed E-state index contributed by atoms with van der Waals surface area (Å²) in [6.07, 6.45) is -3.48. The minimum Gasteiger partial charge on any atom is -0.345 e. The van der Waals surface area contributed by atoms with Crippen molar-refractivity contribution >= 4 is 17.5 Å². The largest absolute Gasteiger partial charge is 0.345 e. The zero-order chi connectivity index (χ0) is 20.8. The van der Waals surface area contributed by atoms with Crippen molar-refractivity contribution < 1.29 is 33.3 Å². The summed E-state index contributed by atoms with van der Waals surface area (Å²) in [7, 11) is 0. The summed E-state index contributed by atoms with van der Waals surface area (Å²) in [5.74, 6) is -2.58. The second-order valence-electron chi connectivity index (χ2n) is 8.22. The summed E-state index contributed by atoms with van der Waals surface area (Å²) in [5.41, 5.74) is 0.650. The number of ether oxygens (including phenoxy) is 5. The van der Waals surface area contributed by atoms with E-state index in [2.05, 4.69) is 10.6 Å². The summed E-state index contributed by atoms with van der Waals surface area (Å²) < 4.78 is 29.4. The van der Waals surface area contributed by atoms with Gasteiger partial charge in [0.15, 0.2) is 24.0 Å². The predicted molar refractivity (Wildman–Crippen MR) is 101 cm³/mol. The standard InChI is InChI=1S/C20H26N2O7/c1-19(2)26-13-14(27-19)16-18(29-20(3,4)28-16)25-15(13)17(24)21-10-12(23)22-11-8-6-5-7-9-11/h5-9,13-16,18H,10H2,1-4H3,(H,21,24)(H,22,23)/t13-,14-,15+,16+,18-/m0/s1. The Balaban J connectivity index is 1.41. The second-order valence-corrected chi connectivity index (χ2v) is 8.22. The van der Waals surface area contributed by atoms with Crippen molar-refractivity contribution in [3.8, 4) is 0 Å². The summed E-state index contributed by atoms with van der Waals surface area (Å²) in [4.78, 5) is 24.9. The molecule has 5 atom stereocenters. The van der Waals surface area contributed by atoms with E-state index >= 15 is 0 Å². The number of hydrogen-bond donors (Lipinski definition) is 2. The van der Waals surface area contributed by atoms with Crippen molar-refractivity contribution in [1.82, 2.24) is 5.32 Å². The molecule has 2 amide bonds. The van der Waals surface area contributed by atoms with E-state index < -0.39 is 48.2 Å². The van der Waals surface area contributed by atoms with Crippen LogP contribution in [-0.2, 0) is 33.3 Å². The number of amides is 2. The van der Waals surface area contributed by atoms with Crippen LogP contribution in [-0.4, -0.2) is 60.6 Å². The fourth-order valence-electron chi connectivity index (χ4n) is 3.82. The first kappa shape index (κ1) is 20.2. The summed E-state index contributed by atoms with van der Waals surface area (Å²) in [5, 5.41) is 5.32. The molecule has 9 nitrogen and oxygen atoms in total. The Labute approximate surface area is 169 Å². The highest BCUT2D eigenvalue weighted by Gasteiger charge is 2.62. The molecule has 0 aromatic heterocycles. The molecule has 1 aromatic rings. The Morgan fingerprint density at radius 3 is 2.24 bits per heavy atom. The fraction of sp³-hybridized carbons (Fsp3) is 0.600. The Morgan fingerprint density at radius 1 is 0.897 bits per heavy atom. The van der Waals surface area contributed by atoms with E-state index in [-0.39, 0.29) is 12.5 Å². The zero-order valence-electron chi connectivity index (χ0n) is 16.8. The molecule has 3 aliphatic rings. The number of anilines is 1. The molecule has 2 N–H and O–H groups in total.